The molecular weight excluding hydrogens is 714 g/mol. The van der Waals surface area contributed by atoms with Gasteiger partial charge in [0.05, 0.1) is 37.6 Å². The Bertz CT molecular complexity index is 1680. The van der Waals surface area contributed by atoms with Crippen molar-refractivity contribution in [3.8, 4) is 11.5 Å². The van der Waals surface area contributed by atoms with E-state index in [1.807, 2.05) is 44.2 Å². The quantitative estimate of drug-likeness (QED) is 0.0833. The third-order valence-electron chi connectivity index (χ3n) is 11.6. The minimum Gasteiger partial charge on any atom is -0.487 e. The van der Waals surface area contributed by atoms with E-state index in [9.17, 15) is 15.0 Å². The molecule has 2 N–H and O–H groups in total. The summed E-state index contributed by atoms with van der Waals surface area (Å²) in [6.45, 7) is 9.76. The topological polar surface area (TPSA) is 141 Å². The van der Waals surface area contributed by atoms with Gasteiger partial charge in [-0.25, -0.2) is 4.79 Å². The van der Waals surface area contributed by atoms with Gasteiger partial charge < -0.3 is 38.7 Å². The summed E-state index contributed by atoms with van der Waals surface area (Å²) in [6.07, 6.45) is 11.6. The Morgan fingerprint density at radius 1 is 1.12 bits per heavy atom. The molecule has 2 fully saturated rings. The zero-order valence-corrected chi connectivity index (χ0v) is 33.4. The van der Waals surface area contributed by atoms with E-state index in [4.69, 9.17) is 33.7 Å². The maximum absolute atomic E-state index is 13.8. The third-order valence-corrected chi connectivity index (χ3v) is 11.6. The number of hydrogen-bond acceptors (Lipinski definition) is 11. The Labute approximate surface area is 331 Å². The van der Waals surface area contributed by atoms with E-state index in [1.54, 1.807) is 11.0 Å². The summed E-state index contributed by atoms with van der Waals surface area (Å²) in [5.41, 5.74) is 4.45. The lowest BCUT2D eigenvalue weighted by Gasteiger charge is -2.59. The van der Waals surface area contributed by atoms with Gasteiger partial charge in [-0.05, 0) is 99.6 Å². The number of aryl methyl sites for hydroxylation is 1. The predicted octanol–water partition coefficient (Wildman–Crippen LogP) is 7.61. The van der Waals surface area contributed by atoms with Crippen molar-refractivity contribution in [3.05, 3.63) is 77.7 Å². The number of aliphatic hydroxyl groups excluding tert-OH is 2. The van der Waals surface area contributed by atoms with Gasteiger partial charge in [-0.15, -0.1) is 6.58 Å². The Morgan fingerprint density at radius 2 is 1.95 bits per heavy atom. The fraction of sp³-hybridized carbons (Fsp3) is 0.614. The zero-order valence-electron chi connectivity index (χ0n) is 33.4. The number of rotatable bonds is 19. The SMILES string of the molecule is C=CCO[C@@]12Oc3ccc(OCc4cccc(C)n4)cc3[C@H]3[C@H](CCCCO)[C@@H](CCCCO)C=C(C(=NOC4CCCCO4)C[C@@H]1N(CCC)C(=O)OC)[C@H]32. The van der Waals surface area contributed by atoms with Crippen LogP contribution in [0.4, 0.5) is 4.79 Å². The standard InChI is InChI=1S/C44H61N3O9/c1-5-21-47(43(50)51-4)39-28-37(46-56-40-18-9-12-25-52-40)35-26-31(15-7-10-22-48)34(17-8-11-23-49)41-36-27-33(53-29-32-16-13-14-30(3)45-32)19-20-38(36)55-44(39,42(35)41)54-24-6-2/h6,13-14,16,19-20,26-27,31,34,39-42,48-49H,2,5,7-12,15,17-18,21-25,28-29H2,1,3-4H3/t31-,34+,39-,40?,41+,42+,44+/m0/s1. The van der Waals surface area contributed by atoms with Crippen LogP contribution < -0.4 is 9.47 Å². The number of methoxy groups -OCH3 is 1. The minimum absolute atomic E-state index is 0.0948. The largest absolute Gasteiger partial charge is 0.487 e. The Balaban J connectivity index is 1.55. The first-order valence-corrected chi connectivity index (χ1v) is 20.6. The molecule has 1 saturated carbocycles. The molecule has 306 valence electrons. The van der Waals surface area contributed by atoms with E-state index < -0.39 is 30.1 Å². The van der Waals surface area contributed by atoms with Crippen LogP contribution in [0.3, 0.4) is 0 Å². The molecule has 1 saturated heterocycles. The molecule has 1 aromatic carbocycles. The molecule has 0 radical (unpaired) electrons. The van der Waals surface area contributed by atoms with Gasteiger partial charge >= 0.3 is 6.09 Å². The number of pyridine rings is 1. The maximum Gasteiger partial charge on any atom is 0.409 e. The van der Waals surface area contributed by atoms with E-state index in [1.165, 1.54) is 7.11 Å². The number of nitrogens with zero attached hydrogens (tertiary/aromatic N) is 3. The van der Waals surface area contributed by atoms with Crippen molar-refractivity contribution in [2.24, 2.45) is 22.9 Å². The number of aromatic nitrogens is 1. The number of unbranched alkanes of at least 4 members (excludes halogenated alkanes) is 2. The molecule has 12 heteroatoms. The fourth-order valence-electron chi connectivity index (χ4n) is 9.22. The lowest BCUT2D eigenvalue weighted by molar-refractivity contribution is -0.255. The summed E-state index contributed by atoms with van der Waals surface area (Å²) >= 11 is 0. The number of carbonyl (C=O) groups excluding carboxylic acids is 1. The van der Waals surface area contributed by atoms with Crippen LogP contribution in [0.1, 0.15) is 100 Å². The Hall–Kier alpha value is -3.97. The van der Waals surface area contributed by atoms with Crippen LogP contribution in [0.5, 0.6) is 11.5 Å². The van der Waals surface area contributed by atoms with Crippen molar-refractivity contribution in [2.45, 2.75) is 115 Å². The first-order chi connectivity index (χ1) is 27.4. The molecule has 12 nitrogen and oxygen atoms in total. The number of ether oxygens (including phenoxy) is 5. The highest BCUT2D eigenvalue weighted by Crippen LogP contribution is 2.62. The van der Waals surface area contributed by atoms with Gasteiger partial charge in [0.25, 0.3) is 0 Å². The number of oxime groups is 1. The predicted molar refractivity (Wildman–Crippen MR) is 212 cm³/mol. The summed E-state index contributed by atoms with van der Waals surface area (Å²) in [4.78, 5) is 26.4. The van der Waals surface area contributed by atoms with Gasteiger partial charge in [0.1, 0.15) is 24.1 Å². The van der Waals surface area contributed by atoms with Gasteiger partial charge in [0.15, 0.2) is 0 Å². The summed E-state index contributed by atoms with van der Waals surface area (Å²) in [5.74, 6) is -0.370. The Kier molecular flexibility index (Phi) is 14.8. The molecule has 2 aromatic rings. The highest BCUT2D eigenvalue weighted by molar-refractivity contribution is 6.03. The Morgan fingerprint density at radius 3 is 2.66 bits per heavy atom. The average molecular weight is 776 g/mol. The molecule has 6 rings (SSSR count). The van der Waals surface area contributed by atoms with E-state index in [2.05, 4.69) is 23.7 Å². The molecule has 4 aliphatic rings. The second kappa shape index (κ2) is 19.9. The third kappa shape index (κ3) is 9.25. The monoisotopic (exact) mass is 775 g/mol. The van der Waals surface area contributed by atoms with E-state index in [0.29, 0.717) is 56.9 Å². The van der Waals surface area contributed by atoms with E-state index in [-0.39, 0.29) is 37.6 Å². The zero-order chi connectivity index (χ0) is 39.5. The molecule has 1 aromatic heterocycles. The number of fused-ring (bicyclic) bond motifs is 2. The van der Waals surface area contributed by atoms with Crippen molar-refractivity contribution in [3.63, 3.8) is 0 Å². The average Bonchev–Trinajstić information content (AvgIpc) is 3.22. The van der Waals surface area contributed by atoms with Gasteiger partial charge in [0.2, 0.25) is 12.1 Å². The summed E-state index contributed by atoms with van der Waals surface area (Å²) in [6, 6.07) is 11.2. The van der Waals surface area contributed by atoms with Crippen LogP contribution in [0.25, 0.3) is 0 Å². The van der Waals surface area contributed by atoms with Gasteiger partial charge in [0, 0.05) is 49.8 Å². The van der Waals surface area contributed by atoms with Crippen molar-refractivity contribution >= 4 is 11.8 Å². The number of aliphatic hydroxyl groups is 2. The molecule has 2 aliphatic heterocycles. The van der Waals surface area contributed by atoms with Gasteiger partial charge in [-0.1, -0.05) is 43.1 Å². The maximum atomic E-state index is 13.8. The minimum atomic E-state index is -1.35. The highest BCUT2D eigenvalue weighted by Gasteiger charge is 2.65. The van der Waals surface area contributed by atoms with Crippen LogP contribution in [0.15, 0.2) is 65.9 Å². The molecular formula is C44H61N3O9. The van der Waals surface area contributed by atoms with Crippen LogP contribution in [-0.2, 0) is 25.7 Å². The smallest absolute Gasteiger partial charge is 0.409 e. The lowest BCUT2D eigenvalue weighted by Crippen LogP contribution is -2.70. The van der Waals surface area contributed by atoms with Crippen molar-refractivity contribution in [1.29, 1.82) is 0 Å². The van der Waals surface area contributed by atoms with Crippen molar-refractivity contribution in [1.82, 2.24) is 9.88 Å². The van der Waals surface area contributed by atoms with E-state index in [0.717, 1.165) is 73.2 Å². The number of carbonyl (C=O) groups is 1. The summed E-state index contributed by atoms with van der Waals surface area (Å²) in [7, 11) is 1.40. The first kappa shape index (κ1) is 41.7. The second-order valence-electron chi connectivity index (χ2n) is 15.4. The van der Waals surface area contributed by atoms with Crippen molar-refractivity contribution in [2.75, 3.05) is 40.1 Å². The number of amides is 1. The van der Waals surface area contributed by atoms with Gasteiger partial charge in [-0.3, -0.25) is 9.88 Å². The molecule has 0 bridgehead atoms. The number of allylic oxidation sites excluding steroid dienone is 1. The lowest BCUT2D eigenvalue weighted by atomic mass is 9.55. The highest BCUT2D eigenvalue weighted by atomic mass is 16.8. The molecule has 2 aliphatic carbocycles. The van der Waals surface area contributed by atoms with Gasteiger partial charge in [-0.2, -0.15) is 0 Å². The molecule has 1 amide bonds. The van der Waals surface area contributed by atoms with Crippen molar-refractivity contribution < 1.29 is 43.5 Å². The summed E-state index contributed by atoms with van der Waals surface area (Å²) < 4.78 is 32.0. The van der Waals surface area contributed by atoms with Crippen LogP contribution in [0, 0.1) is 24.7 Å². The van der Waals surface area contributed by atoms with E-state index >= 15 is 0 Å². The second-order valence-corrected chi connectivity index (χ2v) is 15.4. The fourth-order valence-corrected chi connectivity index (χ4v) is 9.22. The van der Waals surface area contributed by atoms with Crippen LogP contribution in [-0.4, -0.2) is 90.1 Å². The van der Waals surface area contributed by atoms with Crippen LogP contribution in [0.2, 0.25) is 0 Å². The molecule has 0 spiro atoms. The molecule has 1 unspecified atom stereocenters. The molecule has 7 atom stereocenters. The molecule has 56 heavy (non-hydrogen) atoms. The normalized spacial score (nSPS) is 27.3. The first-order valence-electron chi connectivity index (χ1n) is 20.6. The van der Waals surface area contributed by atoms with Crippen LogP contribution >= 0.6 is 0 Å². The molecule has 3 heterocycles. The number of benzene rings is 1. The summed E-state index contributed by atoms with van der Waals surface area (Å²) in [5, 5.41) is 24.6. The number of hydrogen-bond donors (Lipinski definition) is 2.